The lowest BCUT2D eigenvalue weighted by molar-refractivity contribution is 0.276. The van der Waals surface area contributed by atoms with Crippen molar-refractivity contribution in [3.05, 3.63) is 29.6 Å². The Morgan fingerprint density at radius 3 is 2.72 bits per heavy atom. The molecule has 0 aliphatic heterocycles. The van der Waals surface area contributed by atoms with Crippen LogP contribution in [-0.2, 0) is 0 Å². The van der Waals surface area contributed by atoms with Gasteiger partial charge >= 0.3 is 0 Å². The van der Waals surface area contributed by atoms with Crippen LogP contribution in [-0.4, -0.2) is 6.04 Å². The van der Waals surface area contributed by atoms with Crippen molar-refractivity contribution < 1.29 is 4.39 Å². The third-order valence-corrected chi connectivity index (χ3v) is 3.81. The van der Waals surface area contributed by atoms with Crippen LogP contribution in [0.25, 0.3) is 0 Å². The fraction of sp³-hybridized carbons (Fsp3) is 0.533. The second kappa shape index (κ2) is 5.39. The first kappa shape index (κ1) is 12.9. The standard InChI is InChI=1S/C15H19FN2/c1-10-3-4-15(11(2)5-10)18-14-7-12(9-17)6-13(16)8-14/h6-8,10-11,15,18H,3-5H2,1-2H3. The molecule has 0 bridgehead atoms. The Morgan fingerprint density at radius 1 is 1.28 bits per heavy atom. The van der Waals surface area contributed by atoms with Gasteiger partial charge in [-0.15, -0.1) is 0 Å². The molecule has 1 aliphatic rings. The van der Waals surface area contributed by atoms with Gasteiger partial charge in [0.15, 0.2) is 0 Å². The largest absolute Gasteiger partial charge is 0.382 e. The molecule has 2 rings (SSSR count). The van der Waals surface area contributed by atoms with E-state index in [1.54, 1.807) is 6.07 Å². The van der Waals surface area contributed by atoms with E-state index in [-0.39, 0.29) is 5.82 Å². The quantitative estimate of drug-likeness (QED) is 0.858. The van der Waals surface area contributed by atoms with Crippen LogP contribution >= 0.6 is 0 Å². The SMILES string of the molecule is CC1CCC(Nc2cc(F)cc(C#N)c2)C(C)C1. The van der Waals surface area contributed by atoms with Crippen LogP contribution in [0.4, 0.5) is 10.1 Å². The first-order valence-corrected chi connectivity index (χ1v) is 6.55. The van der Waals surface area contributed by atoms with Crippen LogP contribution in [0.1, 0.15) is 38.7 Å². The van der Waals surface area contributed by atoms with Gasteiger partial charge in [0, 0.05) is 11.7 Å². The van der Waals surface area contributed by atoms with Crippen LogP contribution in [0.5, 0.6) is 0 Å². The Kier molecular flexibility index (Phi) is 3.86. The van der Waals surface area contributed by atoms with Gasteiger partial charge in [-0.25, -0.2) is 4.39 Å². The molecule has 3 atom stereocenters. The third-order valence-electron chi connectivity index (χ3n) is 3.81. The molecule has 1 aromatic rings. The zero-order valence-corrected chi connectivity index (χ0v) is 10.9. The molecule has 3 heteroatoms. The van der Waals surface area contributed by atoms with Gasteiger partial charge in [0.05, 0.1) is 11.6 Å². The molecule has 0 saturated heterocycles. The summed E-state index contributed by atoms with van der Waals surface area (Å²) in [5, 5.41) is 12.2. The monoisotopic (exact) mass is 246 g/mol. The van der Waals surface area contributed by atoms with Gasteiger partial charge < -0.3 is 5.32 Å². The van der Waals surface area contributed by atoms with E-state index in [1.165, 1.54) is 25.0 Å². The van der Waals surface area contributed by atoms with Gasteiger partial charge in [-0.05, 0) is 49.3 Å². The number of benzene rings is 1. The van der Waals surface area contributed by atoms with Crippen molar-refractivity contribution in [3.8, 4) is 6.07 Å². The molecule has 0 amide bonds. The Hall–Kier alpha value is -1.56. The van der Waals surface area contributed by atoms with Crippen molar-refractivity contribution >= 4 is 5.69 Å². The predicted octanol–water partition coefficient (Wildman–Crippen LogP) is 3.93. The maximum Gasteiger partial charge on any atom is 0.126 e. The van der Waals surface area contributed by atoms with Crippen LogP contribution in [0.3, 0.4) is 0 Å². The minimum atomic E-state index is -0.353. The molecule has 0 heterocycles. The summed E-state index contributed by atoms with van der Waals surface area (Å²) in [6.45, 7) is 4.51. The normalized spacial score (nSPS) is 27.6. The molecule has 2 nitrogen and oxygen atoms in total. The van der Waals surface area contributed by atoms with Gasteiger partial charge in [-0.2, -0.15) is 5.26 Å². The number of anilines is 1. The van der Waals surface area contributed by atoms with Crippen LogP contribution in [0, 0.1) is 29.0 Å². The number of hydrogen-bond acceptors (Lipinski definition) is 2. The lowest BCUT2D eigenvalue weighted by Crippen LogP contribution is -2.33. The van der Waals surface area contributed by atoms with Crippen molar-refractivity contribution in [3.63, 3.8) is 0 Å². The lowest BCUT2D eigenvalue weighted by atomic mass is 9.80. The van der Waals surface area contributed by atoms with Gasteiger partial charge in [0.25, 0.3) is 0 Å². The molecule has 18 heavy (non-hydrogen) atoms. The maximum absolute atomic E-state index is 13.3. The number of rotatable bonds is 2. The Balaban J connectivity index is 2.10. The second-order valence-electron chi connectivity index (χ2n) is 5.49. The number of halogens is 1. The lowest BCUT2D eigenvalue weighted by Gasteiger charge is -2.33. The van der Waals surface area contributed by atoms with E-state index in [1.807, 2.05) is 6.07 Å². The molecule has 1 fully saturated rings. The Bertz CT molecular complexity index is 464. The number of nitriles is 1. The number of nitrogens with zero attached hydrogens (tertiary/aromatic N) is 1. The molecular formula is C15H19FN2. The van der Waals surface area contributed by atoms with Gasteiger partial charge in [0.2, 0.25) is 0 Å². The van der Waals surface area contributed by atoms with E-state index in [2.05, 4.69) is 19.2 Å². The minimum Gasteiger partial charge on any atom is -0.382 e. The third kappa shape index (κ3) is 3.01. The van der Waals surface area contributed by atoms with E-state index in [0.29, 0.717) is 17.5 Å². The molecule has 3 unspecified atom stereocenters. The summed E-state index contributed by atoms with van der Waals surface area (Å²) < 4.78 is 13.3. The fourth-order valence-corrected chi connectivity index (χ4v) is 2.83. The molecule has 0 spiro atoms. The van der Waals surface area contributed by atoms with Crippen molar-refractivity contribution in [1.82, 2.24) is 0 Å². The highest BCUT2D eigenvalue weighted by Crippen LogP contribution is 2.31. The van der Waals surface area contributed by atoms with E-state index in [9.17, 15) is 4.39 Å². The average molecular weight is 246 g/mol. The maximum atomic E-state index is 13.3. The summed E-state index contributed by atoms with van der Waals surface area (Å²) >= 11 is 0. The van der Waals surface area contributed by atoms with Gasteiger partial charge in [-0.1, -0.05) is 13.8 Å². The van der Waals surface area contributed by atoms with E-state index in [4.69, 9.17) is 5.26 Å². The molecule has 0 radical (unpaired) electrons. The van der Waals surface area contributed by atoms with Gasteiger partial charge in [-0.3, -0.25) is 0 Å². The molecule has 1 aromatic carbocycles. The van der Waals surface area contributed by atoms with Crippen LogP contribution < -0.4 is 5.32 Å². The average Bonchev–Trinajstić information content (AvgIpc) is 2.32. The summed E-state index contributed by atoms with van der Waals surface area (Å²) in [6.07, 6.45) is 3.53. The molecule has 1 aliphatic carbocycles. The summed E-state index contributed by atoms with van der Waals surface area (Å²) in [5.41, 5.74) is 1.09. The molecule has 1 saturated carbocycles. The molecular weight excluding hydrogens is 227 g/mol. The first-order valence-electron chi connectivity index (χ1n) is 6.55. The van der Waals surface area contributed by atoms with Crippen molar-refractivity contribution in [2.45, 2.75) is 39.2 Å². The van der Waals surface area contributed by atoms with Gasteiger partial charge in [0.1, 0.15) is 5.82 Å². The zero-order valence-electron chi connectivity index (χ0n) is 10.9. The minimum absolute atomic E-state index is 0.353. The smallest absolute Gasteiger partial charge is 0.126 e. The van der Waals surface area contributed by atoms with Crippen molar-refractivity contribution in [2.75, 3.05) is 5.32 Å². The molecule has 0 aromatic heterocycles. The summed E-state index contributed by atoms with van der Waals surface area (Å²) in [7, 11) is 0. The number of hydrogen-bond donors (Lipinski definition) is 1. The Labute approximate surface area is 108 Å². The van der Waals surface area contributed by atoms with E-state index in [0.717, 1.165) is 18.0 Å². The topological polar surface area (TPSA) is 35.8 Å². The summed E-state index contributed by atoms with van der Waals surface area (Å²) in [5.74, 6) is 1.01. The summed E-state index contributed by atoms with van der Waals surface area (Å²) in [4.78, 5) is 0. The van der Waals surface area contributed by atoms with E-state index < -0.39 is 0 Å². The Morgan fingerprint density at radius 2 is 2.06 bits per heavy atom. The molecule has 96 valence electrons. The second-order valence-corrected chi connectivity index (χ2v) is 5.49. The highest BCUT2D eigenvalue weighted by atomic mass is 19.1. The van der Waals surface area contributed by atoms with Crippen LogP contribution in [0.15, 0.2) is 18.2 Å². The zero-order chi connectivity index (χ0) is 13.1. The summed E-state index contributed by atoms with van der Waals surface area (Å²) in [6, 6.07) is 6.81. The van der Waals surface area contributed by atoms with E-state index >= 15 is 0 Å². The highest BCUT2D eigenvalue weighted by Gasteiger charge is 2.25. The fourth-order valence-electron chi connectivity index (χ4n) is 2.83. The van der Waals surface area contributed by atoms with Crippen molar-refractivity contribution in [2.24, 2.45) is 11.8 Å². The highest BCUT2D eigenvalue weighted by molar-refractivity contribution is 5.50. The molecule has 1 N–H and O–H groups in total. The number of nitrogens with one attached hydrogen (secondary N) is 1. The first-order chi connectivity index (χ1) is 8.58. The predicted molar refractivity (Wildman–Crippen MR) is 70.7 cm³/mol. The van der Waals surface area contributed by atoms with Crippen LogP contribution in [0.2, 0.25) is 0 Å². The van der Waals surface area contributed by atoms with Crippen molar-refractivity contribution in [1.29, 1.82) is 5.26 Å².